The summed E-state index contributed by atoms with van der Waals surface area (Å²) in [6.07, 6.45) is 2.91. The van der Waals surface area contributed by atoms with Crippen LogP contribution in [0.3, 0.4) is 0 Å². The largest absolute Gasteiger partial charge is 0.465 e. The number of aryl methyl sites for hydroxylation is 2. The van der Waals surface area contributed by atoms with Gasteiger partial charge in [0.05, 0.1) is 24.4 Å². The number of esters is 1. The normalized spacial score (nSPS) is 12.0. The molecule has 21 heavy (non-hydrogen) atoms. The lowest BCUT2D eigenvalue weighted by Crippen LogP contribution is -2.10. The molecule has 112 valence electrons. The molecule has 0 aliphatic carbocycles. The van der Waals surface area contributed by atoms with Gasteiger partial charge in [0, 0.05) is 11.1 Å². The molecule has 1 N–H and O–H groups in total. The van der Waals surface area contributed by atoms with Gasteiger partial charge in [-0.25, -0.2) is 14.8 Å². The van der Waals surface area contributed by atoms with E-state index in [4.69, 9.17) is 4.74 Å². The van der Waals surface area contributed by atoms with Crippen molar-refractivity contribution in [2.45, 2.75) is 33.2 Å². The predicted molar refractivity (Wildman–Crippen MR) is 83.8 cm³/mol. The van der Waals surface area contributed by atoms with Crippen LogP contribution in [0.25, 0.3) is 0 Å². The second kappa shape index (κ2) is 6.67. The van der Waals surface area contributed by atoms with Crippen LogP contribution >= 0.6 is 11.3 Å². The average Bonchev–Trinajstić information content (AvgIpc) is 2.95. The smallest absolute Gasteiger partial charge is 0.339 e. The molecule has 0 saturated carbocycles. The van der Waals surface area contributed by atoms with E-state index in [1.54, 1.807) is 30.4 Å². The Morgan fingerprint density at radius 3 is 2.81 bits per heavy atom. The number of rotatable bonds is 5. The lowest BCUT2D eigenvalue weighted by atomic mass is 10.2. The molecule has 2 aromatic rings. The van der Waals surface area contributed by atoms with Crippen LogP contribution in [-0.4, -0.2) is 23.0 Å². The Balaban J connectivity index is 2.12. The van der Waals surface area contributed by atoms with Crippen molar-refractivity contribution in [2.75, 3.05) is 12.4 Å². The van der Waals surface area contributed by atoms with E-state index in [1.807, 2.05) is 13.1 Å². The van der Waals surface area contributed by atoms with Crippen molar-refractivity contribution in [3.8, 4) is 0 Å². The van der Waals surface area contributed by atoms with Crippen LogP contribution in [0.2, 0.25) is 0 Å². The summed E-state index contributed by atoms with van der Waals surface area (Å²) < 4.78 is 4.71. The van der Waals surface area contributed by atoms with Gasteiger partial charge in [-0.2, -0.15) is 0 Å². The van der Waals surface area contributed by atoms with E-state index in [-0.39, 0.29) is 12.0 Å². The Morgan fingerprint density at radius 1 is 1.48 bits per heavy atom. The molecule has 2 heterocycles. The quantitative estimate of drug-likeness (QED) is 0.858. The van der Waals surface area contributed by atoms with Gasteiger partial charge in [-0.3, -0.25) is 0 Å². The van der Waals surface area contributed by atoms with Gasteiger partial charge < -0.3 is 10.1 Å². The van der Waals surface area contributed by atoms with Crippen molar-refractivity contribution in [1.82, 2.24) is 9.97 Å². The maximum absolute atomic E-state index is 11.5. The zero-order chi connectivity index (χ0) is 15.4. The van der Waals surface area contributed by atoms with E-state index < -0.39 is 0 Å². The second-order valence-corrected chi connectivity index (χ2v) is 5.85. The first-order valence-electron chi connectivity index (χ1n) is 6.82. The number of methoxy groups -OCH3 is 1. The molecule has 0 saturated heterocycles. The van der Waals surface area contributed by atoms with E-state index in [0.717, 1.165) is 17.2 Å². The van der Waals surface area contributed by atoms with Crippen LogP contribution in [-0.2, 0) is 11.2 Å². The number of nitrogens with one attached hydrogen (secondary N) is 1. The molecular weight excluding hydrogens is 286 g/mol. The van der Waals surface area contributed by atoms with Crippen LogP contribution < -0.4 is 5.32 Å². The van der Waals surface area contributed by atoms with Crippen LogP contribution in [0.5, 0.6) is 0 Å². The lowest BCUT2D eigenvalue weighted by Gasteiger charge is -2.13. The number of anilines is 1. The molecule has 2 aromatic heterocycles. The van der Waals surface area contributed by atoms with Crippen LogP contribution in [0.4, 0.5) is 5.82 Å². The number of nitrogens with zero attached hydrogens (tertiary/aromatic N) is 2. The minimum absolute atomic E-state index is 0.0752. The monoisotopic (exact) mass is 305 g/mol. The van der Waals surface area contributed by atoms with Crippen LogP contribution in [0, 0.1) is 6.92 Å². The standard InChI is InChI=1S/C15H19N3O2S/c1-5-11-8-16-14(21-11)10(3)18-13-7-6-12(9(2)17-13)15(19)20-4/h6-8,10H,5H2,1-4H3,(H,17,18). The maximum atomic E-state index is 11.5. The van der Waals surface area contributed by atoms with Crippen molar-refractivity contribution < 1.29 is 9.53 Å². The summed E-state index contributed by atoms with van der Waals surface area (Å²) in [6, 6.07) is 3.58. The SMILES string of the molecule is CCc1cnc(C(C)Nc2ccc(C(=O)OC)c(C)n2)s1. The van der Waals surface area contributed by atoms with E-state index >= 15 is 0 Å². The Hall–Kier alpha value is -1.95. The average molecular weight is 305 g/mol. The fourth-order valence-electron chi connectivity index (χ4n) is 1.94. The molecule has 0 aliphatic rings. The predicted octanol–water partition coefficient (Wildman–Crippen LogP) is 3.37. The van der Waals surface area contributed by atoms with Crippen molar-refractivity contribution in [3.05, 3.63) is 39.5 Å². The number of carbonyl (C=O) groups is 1. The summed E-state index contributed by atoms with van der Waals surface area (Å²) in [5.41, 5.74) is 1.13. The first-order chi connectivity index (χ1) is 10.0. The highest BCUT2D eigenvalue weighted by Gasteiger charge is 2.13. The summed E-state index contributed by atoms with van der Waals surface area (Å²) in [4.78, 5) is 21.6. The molecular formula is C15H19N3O2S. The number of hydrogen-bond donors (Lipinski definition) is 1. The molecule has 5 nitrogen and oxygen atoms in total. The minimum atomic E-state index is -0.368. The van der Waals surface area contributed by atoms with Gasteiger partial charge in [-0.15, -0.1) is 11.3 Å². The third-order valence-corrected chi connectivity index (χ3v) is 4.47. The zero-order valence-electron chi connectivity index (χ0n) is 12.6. The Bertz CT molecular complexity index is 640. The highest BCUT2D eigenvalue weighted by molar-refractivity contribution is 7.11. The lowest BCUT2D eigenvalue weighted by molar-refractivity contribution is 0.0599. The third-order valence-electron chi connectivity index (χ3n) is 3.15. The zero-order valence-corrected chi connectivity index (χ0v) is 13.5. The fraction of sp³-hybridized carbons (Fsp3) is 0.400. The van der Waals surface area contributed by atoms with Crippen molar-refractivity contribution in [2.24, 2.45) is 0 Å². The molecule has 0 spiro atoms. The summed E-state index contributed by atoms with van der Waals surface area (Å²) in [7, 11) is 1.36. The number of aromatic nitrogens is 2. The summed E-state index contributed by atoms with van der Waals surface area (Å²) in [5, 5.41) is 4.34. The topological polar surface area (TPSA) is 64.1 Å². The minimum Gasteiger partial charge on any atom is -0.465 e. The molecule has 0 radical (unpaired) electrons. The molecule has 0 fully saturated rings. The van der Waals surface area contributed by atoms with Gasteiger partial charge in [0.1, 0.15) is 10.8 Å². The maximum Gasteiger partial charge on any atom is 0.339 e. The van der Waals surface area contributed by atoms with E-state index in [0.29, 0.717) is 11.3 Å². The van der Waals surface area contributed by atoms with Gasteiger partial charge in [0.2, 0.25) is 0 Å². The molecule has 0 amide bonds. The number of hydrogen-bond acceptors (Lipinski definition) is 6. The fourth-order valence-corrected chi connectivity index (χ4v) is 2.80. The van der Waals surface area contributed by atoms with Gasteiger partial charge in [-0.1, -0.05) is 6.92 Å². The van der Waals surface area contributed by atoms with Gasteiger partial charge in [-0.05, 0) is 32.4 Å². The second-order valence-electron chi connectivity index (χ2n) is 4.71. The highest BCUT2D eigenvalue weighted by atomic mass is 32.1. The molecule has 2 rings (SSSR count). The van der Waals surface area contributed by atoms with Crippen molar-refractivity contribution in [3.63, 3.8) is 0 Å². The molecule has 6 heteroatoms. The molecule has 1 atom stereocenters. The summed E-state index contributed by atoms with van der Waals surface area (Å²) >= 11 is 1.70. The molecule has 1 unspecified atom stereocenters. The molecule has 0 bridgehead atoms. The number of carbonyl (C=O) groups excluding carboxylic acids is 1. The first kappa shape index (κ1) is 15.4. The molecule has 0 aromatic carbocycles. The van der Waals surface area contributed by atoms with E-state index in [9.17, 15) is 4.79 Å². The Labute approximate surface area is 128 Å². The first-order valence-corrected chi connectivity index (χ1v) is 7.63. The third kappa shape index (κ3) is 3.58. The van der Waals surface area contributed by atoms with Gasteiger partial charge in [0.15, 0.2) is 0 Å². The van der Waals surface area contributed by atoms with Crippen LogP contribution in [0.1, 0.15) is 45.8 Å². The Morgan fingerprint density at radius 2 is 2.24 bits per heavy atom. The number of pyridine rings is 1. The van der Waals surface area contributed by atoms with Crippen LogP contribution in [0.15, 0.2) is 18.3 Å². The number of thiazole rings is 1. The van der Waals surface area contributed by atoms with Crippen molar-refractivity contribution >= 4 is 23.1 Å². The van der Waals surface area contributed by atoms with E-state index in [1.165, 1.54) is 12.0 Å². The Kier molecular flexibility index (Phi) is 4.90. The van der Waals surface area contributed by atoms with Gasteiger partial charge >= 0.3 is 5.97 Å². The van der Waals surface area contributed by atoms with Gasteiger partial charge in [0.25, 0.3) is 0 Å². The summed E-state index contributed by atoms with van der Waals surface area (Å²) in [6.45, 7) is 5.95. The number of ether oxygens (including phenoxy) is 1. The molecule has 0 aliphatic heterocycles. The van der Waals surface area contributed by atoms with Crippen molar-refractivity contribution in [1.29, 1.82) is 0 Å². The van der Waals surface area contributed by atoms with E-state index in [2.05, 4.69) is 22.2 Å². The highest BCUT2D eigenvalue weighted by Crippen LogP contribution is 2.23. The summed E-state index contributed by atoms with van der Waals surface area (Å²) in [5.74, 6) is 0.355.